The first kappa shape index (κ1) is 34.9. The van der Waals surface area contributed by atoms with Crippen LogP contribution in [-0.4, -0.2) is 56.5 Å². The van der Waals surface area contributed by atoms with Crippen molar-refractivity contribution < 1.29 is 27.8 Å². The van der Waals surface area contributed by atoms with Crippen LogP contribution in [0, 0.1) is 12.8 Å². The van der Waals surface area contributed by atoms with Gasteiger partial charge in [-0.15, -0.1) is 11.3 Å². The Morgan fingerprint density at radius 1 is 1.02 bits per heavy atom. The number of anilines is 3. The lowest BCUT2D eigenvalue weighted by Crippen LogP contribution is -2.48. The maximum absolute atomic E-state index is 13.7. The molecule has 46 heavy (non-hydrogen) atoms. The molecule has 0 unspecified atom stereocenters. The fourth-order valence-electron chi connectivity index (χ4n) is 5.00. The van der Waals surface area contributed by atoms with Gasteiger partial charge in [-0.05, 0) is 72.7 Å². The number of methoxy groups -OCH3 is 2. The zero-order valence-corrected chi connectivity index (χ0v) is 28.4. The van der Waals surface area contributed by atoms with E-state index in [9.17, 15) is 18.3 Å². The van der Waals surface area contributed by atoms with Gasteiger partial charge in [-0.2, -0.15) is 0 Å². The van der Waals surface area contributed by atoms with Crippen LogP contribution < -0.4 is 20.1 Å². The van der Waals surface area contributed by atoms with Crippen LogP contribution in [0.3, 0.4) is 0 Å². The quantitative estimate of drug-likeness (QED) is 0.120. The van der Waals surface area contributed by atoms with Gasteiger partial charge < -0.3 is 25.2 Å². The van der Waals surface area contributed by atoms with Crippen molar-refractivity contribution >= 4 is 43.8 Å². The Kier molecular flexibility index (Phi) is 12.2. The number of rotatable bonds is 16. The molecule has 4 N–H and O–H groups in total. The number of thiazole rings is 1. The van der Waals surface area contributed by atoms with Gasteiger partial charge in [0.1, 0.15) is 5.75 Å². The van der Waals surface area contributed by atoms with E-state index in [0.29, 0.717) is 40.8 Å². The van der Waals surface area contributed by atoms with Gasteiger partial charge in [-0.3, -0.25) is 9.52 Å². The zero-order chi connectivity index (χ0) is 33.3. The largest absolute Gasteiger partial charge is 0.497 e. The average molecular weight is 667 g/mol. The highest BCUT2D eigenvalue weighted by atomic mass is 32.2. The molecule has 3 aromatic carbocycles. The van der Waals surface area contributed by atoms with E-state index in [-0.39, 0.29) is 12.3 Å². The standard InChI is InChI=1S/C34H42N4O6S2/c1-22(2)15-25-17-28(44-5)13-14-30(25)38-46(41,42)21-32(39)31(16-24-9-7-6-8-10-24)37-33(40)29-18-26(12-11-23(29)3)35-34-36-27(19-43-4)20-45-34/h6-14,17-18,20,22,31-32,38-39H,15-16,19,21H2,1-5H3,(H,35,36)(H,37,40)/t31-,32-/m0/s1. The van der Waals surface area contributed by atoms with E-state index in [2.05, 4.69) is 20.3 Å². The van der Waals surface area contributed by atoms with Gasteiger partial charge in [0, 0.05) is 23.7 Å². The molecule has 1 amide bonds. The average Bonchev–Trinajstić information content (AvgIpc) is 3.45. The maximum Gasteiger partial charge on any atom is 0.251 e. The van der Waals surface area contributed by atoms with Gasteiger partial charge in [0.05, 0.1) is 43.0 Å². The van der Waals surface area contributed by atoms with E-state index in [1.165, 1.54) is 11.3 Å². The van der Waals surface area contributed by atoms with Gasteiger partial charge in [-0.1, -0.05) is 50.2 Å². The molecule has 0 spiro atoms. The molecule has 0 saturated heterocycles. The number of benzene rings is 3. The molecular weight excluding hydrogens is 625 g/mol. The van der Waals surface area contributed by atoms with Crippen LogP contribution in [0.15, 0.2) is 72.1 Å². The molecular formula is C34H42N4O6S2. The molecule has 0 aliphatic heterocycles. The van der Waals surface area contributed by atoms with E-state index >= 15 is 0 Å². The predicted molar refractivity (Wildman–Crippen MR) is 184 cm³/mol. The number of nitrogens with one attached hydrogen (secondary N) is 3. The summed E-state index contributed by atoms with van der Waals surface area (Å²) in [5.41, 5.74) is 4.64. The smallest absolute Gasteiger partial charge is 0.251 e. The molecule has 12 heteroatoms. The van der Waals surface area contributed by atoms with Crippen molar-refractivity contribution in [2.45, 2.75) is 52.4 Å². The first-order chi connectivity index (χ1) is 22.0. The van der Waals surface area contributed by atoms with Gasteiger partial charge in [-0.25, -0.2) is 13.4 Å². The molecule has 1 aromatic heterocycles. The molecule has 0 bridgehead atoms. The fraction of sp³-hybridized carbons (Fsp3) is 0.353. The molecule has 4 aromatic rings. The summed E-state index contributed by atoms with van der Waals surface area (Å²) >= 11 is 1.42. The summed E-state index contributed by atoms with van der Waals surface area (Å²) in [5, 5.41) is 20.1. The van der Waals surface area contributed by atoms with Crippen molar-refractivity contribution in [3.63, 3.8) is 0 Å². The lowest BCUT2D eigenvalue weighted by atomic mass is 10.0. The summed E-state index contributed by atoms with van der Waals surface area (Å²) in [7, 11) is -0.852. The third-order valence-corrected chi connectivity index (χ3v) is 9.37. The van der Waals surface area contributed by atoms with E-state index in [4.69, 9.17) is 9.47 Å². The highest BCUT2D eigenvalue weighted by Gasteiger charge is 2.28. The van der Waals surface area contributed by atoms with Crippen molar-refractivity contribution in [2.24, 2.45) is 5.92 Å². The Labute approximate surface area is 275 Å². The van der Waals surface area contributed by atoms with E-state index < -0.39 is 33.8 Å². The molecule has 246 valence electrons. The summed E-state index contributed by atoms with van der Waals surface area (Å²) < 4.78 is 39.9. The first-order valence-corrected chi connectivity index (χ1v) is 17.5. The summed E-state index contributed by atoms with van der Waals surface area (Å²) in [6, 6.07) is 19.0. The molecule has 0 aliphatic rings. The van der Waals surface area contributed by atoms with E-state index in [1.807, 2.05) is 74.7 Å². The van der Waals surface area contributed by atoms with Gasteiger partial charge >= 0.3 is 0 Å². The van der Waals surface area contributed by atoms with Crippen molar-refractivity contribution in [3.05, 3.63) is 100 Å². The summed E-state index contributed by atoms with van der Waals surface area (Å²) in [5.74, 6) is -0.147. The number of sulfonamides is 1. The summed E-state index contributed by atoms with van der Waals surface area (Å²) in [6.07, 6.45) is -0.554. The van der Waals surface area contributed by atoms with Crippen LogP contribution in [0.1, 0.15) is 46.6 Å². The van der Waals surface area contributed by atoms with Crippen LogP contribution in [0.4, 0.5) is 16.5 Å². The summed E-state index contributed by atoms with van der Waals surface area (Å²) in [6.45, 7) is 6.31. The van der Waals surface area contributed by atoms with Crippen molar-refractivity contribution in [2.75, 3.05) is 30.0 Å². The number of carbonyl (C=O) groups excluding carboxylic acids is 1. The number of carbonyl (C=O) groups is 1. The topological polar surface area (TPSA) is 139 Å². The van der Waals surface area contributed by atoms with E-state index in [0.717, 1.165) is 22.4 Å². The third-order valence-electron chi connectivity index (χ3n) is 7.25. The molecule has 0 saturated carbocycles. The number of nitrogens with zero attached hydrogens (tertiary/aromatic N) is 1. The normalized spacial score (nSPS) is 12.8. The number of aryl methyl sites for hydroxylation is 1. The summed E-state index contributed by atoms with van der Waals surface area (Å²) in [4.78, 5) is 18.2. The number of aliphatic hydroxyl groups is 1. The second-order valence-electron chi connectivity index (χ2n) is 11.6. The van der Waals surface area contributed by atoms with Crippen LogP contribution in [0.25, 0.3) is 0 Å². The van der Waals surface area contributed by atoms with Crippen molar-refractivity contribution in [1.82, 2.24) is 10.3 Å². The number of hydrogen-bond acceptors (Lipinski definition) is 9. The Morgan fingerprint density at radius 3 is 2.48 bits per heavy atom. The second kappa shape index (κ2) is 16.0. The highest BCUT2D eigenvalue weighted by molar-refractivity contribution is 7.92. The third kappa shape index (κ3) is 10.0. The monoisotopic (exact) mass is 666 g/mol. The Hall–Kier alpha value is -3.97. The zero-order valence-electron chi connectivity index (χ0n) is 26.7. The number of hydrogen-bond donors (Lipinski definition) is 4. The maximum atomic E-state index is 13.7. The van der Waals surface area contributed by atoms with E-state index in [1.54, 1.807) is 32.4 Å². The fourth-order valence-corrected chi connectivity index (χ4v) is 7.01. The molecule has 0 fully saturated rings. The van der Waals surface area contributed by atoms with Crippen LogP contribution in [0.2, 0.25) is 0 Å². The predicted octanol–water partition coefficient (Wildman–Crippen LogP) is 5.69. The first-order valence-electron chi connectivity index (χ1n) is 15.0. The lowest BCUT2D eigenvalue weighted by molar-refractivity contribution is 0.0861. The molecule has 2 atom stereocenters. The van der Waals surface area contributed by atoms with Crippen LogP contribution in [0.5, 0.6) is 5.75 Å². The number of aromatic nitrogens is 1. The van der Waals surface area contributed by atoms with Gasteiger partial charge in [0.2, 0.25) is 10.0 Å². The highest BCUT2D eigenvalue weighted by Crippen LogP contribution is 2.27. The number of aliphatic hydroxyl groups excluding tert-OH is 1. The molecule has 4 rings (SSSR count). The number of amides is 1. The minimum absolute atomic E-state index is 0.225. The van der Waals surface area contributed by atoms with Gasteiger partial charge in [0.25, 0.3) is 5.91 Å². The van der Waals surface area contributed by atoms with Crippen molar-refractivity contribution in [1.29, 1.82) is 0 Å². The molecule has 0 aliphatic carbocycles. The van der Waals surface area contributed by atoms with Crippen LogP contribution >= 0.6 is 11.3 Å². The van der Waals surface area contributed by atoms with Crippen LogP contribution in [-0.2, 0) is 34.2 Å². The SMILES string of the molecule is COCc1csc(Nc2ccc(C)c(C(=O)N[C@@H](Cc3ccccc3)[C@@H](O)CS(=O)(=O)Nc3ccc(OC)cc3CC(C)C)c2)n1. The molecule has 0 radical (unpaired) electrons. The molecule has 10 nitrogen and oxygen atoms in total. The van der Waals surface area contributed by atoms with Crippen molar-refractivity contribution in [3.8, 4) is 5.75 Å². The Morgan fingerprint density at radius 2 is 1.78 bits per heavy atom. The number of ether oxygens (including phenoxy) is 2. The lowest BCUT2D eigenvalue weighted by Gasteiger charge is -2.25. The second-order valence-corrected chi connectivity index (χ2v) is 14.2. The minimum Gasteiger partial charge on any atom is -0.497 e. The van der Waals surface area contributed by atoms with Gasteiger partial charge in [0.15, 0.2) is 5.13 Å². The molecule has 1 heterocycles. The Bertz CT molecular complexity index is 1710. The minimum atomic E-state index is -4.02. The Balaban J connectivity index is 1.54.